The SMILES string of the molecule is Cc1ccc(Sc2c(O)c(C=O)c(/C=C3\N(C)c4cc(Cl)cc(Cl)c4C3(C)C)oc2=O)cc1. The van der Waals surface area contributed by atoms with Crippen molar-refractivity contribution >= 4 is 53.0 Å². The summed E-state index contributed by atoms with van der Waals surface area (Å²) in [7, 11) is 1.84. The number of benzene rings is 2. The van der Waals surface area contributed by atoms with Crippen LogP contribution < -0.4 is 10.5 Å². The molecule has 0 bridgehead atoms. The van der Waals surface area contributed by atoms with Crippen molar-refractivity contribution in [3.63, 3.8) is 0 Å². The van der Waals surface area contributed by atoms with Gasteiger partial charge in [0.15, 0.2) is 12.0 Å². The molecule has 170 valence electrons. The van der Waals surface area contributed by atoms with E-state index in [0.29, 0.717) is 16.3 Å². The molecule has 1 aliphatic heterocycles. The van der Waals surface area contributed by atoms with E-state index in [-0.39, 0.29) is 16.2 Å². The minimum atomic E-state index is -0.729. The Bertz CT molecular complexity index is 1360. The molecule has 1 aromatic heterocycles. The number of aromatic hydroxyl groups is 1. The predicted molar refractivity (Wildman–Crippen MR) is 133 cm³/mol. The third-order valence-corrected chi connectivity index (χ3v) is 7.36. The van der Waals surface area contributed by atoms with Gasteiger partial charge in [0.05, 0.1) is 0 Å². The number of likely N-dealkylation sites (N-methyl/N-ethyl adjacent to an activating group) is 1. The van der Waals surface area contributed by atoms with E-state index in [2.05, 4.69) is 0 Å². The number of rotatable bonds is 4. The summed E-state index contributed by atoms with van der Waals surface area (Å²) in [5.41, 5.74) is 2.08. The molecule has 0 unspecified atom stereocenters. The summed E-state index contributed by atoms with van der Waals surface area (Å²) in [4.78, 5) is 27.3. The Morgan fingerprint density at radius 1 is 1.15 bits per heavy atom. The zero-order valence-corrected chi connectivity index (χ0v) is 20.7. The topological polar surface area (TPSA) is 70.8 Å². The second kappa shape index (κ2) is 8.60. The average Bonchev–Trinajstić information content (AvgIpc) is 2.93. The van der Waals surface area contributed by atoms with Gasteiger partial charge in [-0.25, -0.2) is 4.79 Å². The number of halogens is 2. The molecule has 2 heterocycles. The Labute approximate surface area is 205 Å². The molecule has 8 heteroatoms. The number of carbonyl (C=O) groups is 1. The lowest BCUT2D eigenvalue weighted by atomic mass is 9.83. The second-order valence-electron chi connectivity index (χ2n) is 8.37. The molecule has 0 radical (unpaired) electrons. The smallest absolute Gasteiger partial charge is 0.354 e. The lowest BCUT2D eigenvalue weighted by Crippen LogP contribution is -2.23. The van der Waals surface area contributed by atoms with Crippen LogP contribution in [0.25, 0.3) is 6.08 Å². The zero-order valence-electron chi connectivity index (χ0n) is 18.4. The van der Waals surface area contributed by atoms with Gasteiger partial charge in [-0.1, -0.05) is 66.5 Å². The van der Waals surface area contributed by atoms with Gasteiger partial charge in [0.2, 0.25) is 0 Å². The van der Waals surface area contributed by atoms with E-state index in [1.54, 1.807) is 18.2 Å². The highest BCUT2D eigenvalue weighted by molar-refractivity contribution is 7.99. The van der Waals surface area contributed by atoms with Crippen molar-refractivity contribution in [3.05, 3.63) is 85.0 Å². The molecule has 2 aromatic carbocycles. The van der Waals surface area contributed by atoms with Gasteiger partial charge >= 0.3 is 5.63 Å². The van der Waals surface area contributed by atoms with Crippen molar-refractivity contribution in [1.29, 1.82) is 0 Å². The molecule has 0 atom stereocenters. The largest absolute Gasteiger partial charge is 0.506 e. The summed E-state index contributed by atoms with van der Waals surface area (Å²) in [6, 6.07) is 10.9. The van der Waals surface area contributed by atoms with Gasteiger partial charge in [-0.2, -0.15) is 0 Å². The molecule has 0 fully saturated rings. The molecule has 33 heavy (non-hydrogen) atoms. The summed E-state index contributed by atoms with van der Waals surface area (Å²) >= 11 is 13.7. The minimum absolute atomic E-state index is 0.0225. The number of carbonyl (C=O) groups excluding carboxylic acids is 1. The van der Waals surface area contributed by atoms with Crippen LogP contribution >= 0.6 is 35.0 Å². The molecular formula is C25H21Cl2NO4S. The van der Waals surface area contributed by atoms with Gasteiger partial charge in [0.25, 0.3) is 0 Å². The molecule has 0 aliphatic carbocycles. The third kappa shape index (κ3) is 4.07. The van der Waals surface area contributed by atoms with E-state index in [1.807, 2.05) is 57.0 Å². The first kappa shape index (κ1) is 23.5. The van der Waals surface area contributed by atoms with Crippen LogP contribution in [0, 0.1) is 6.92 Å². The fourth-order valence-corrected chi connectivity index (χ4v) is 5.65. The first-order valence-corrected chi connectivity index (χ1v) is 11.7. The Morgan fingerprint density at radius 3 is 2.45 bits per heavy atom. The second-order valence-corrected chi connectivity index (χ2v) is 10.3. The van der Waals surface area contributed by atoms with Gasteiger partial charge in [-0.05, 0) is 31.2 Å². The van der Waals surface area contributed by atoms with Crippen molar-refractivity contribution in [2.45, 2.75) is 36.0 Å². The molecule has 1 N–H and O–H groups in total. The molecule has 0 saturated heterocycles. The Hall–Kier alpha value is -2.67. The van der Waals surface area contributed by atoms with Crippen LogP contribution in [0.15, 0.2) is 61.1 Å². The summed E-state index contributed by atoms with van der Waals surface area (Å²) in [6.07, 6.45) is 2.08. The van der Waals surface area contributed by atoms with E-state index < -0.39 is 16.8 Å². The van der Waals surface area contributed by atoms with Crippen molar-refractivity contribution < 1.29 is 14.3 Å². The summed E-state index contributed by atoms with van der Waals surface area (Å²) in [6.45, 7) is 5.90. The Morgan fingerprint density at radius 2 is 1.82 bits per heavy atom. The molecule has 4 rings (SSSR count). The summed E-state index contributed by atoms with van der Waals surface area (Å²) in [5, 5.41) is 11.8. The van der Waals surface area contributed by atoms with Crippen molar-refractivity contribution in [2.75, 3.05) is 11.9 Å². The summed E-state index contributed by atoms with van der Waals surface area (Å²) in [5.74, 6) is -0.429. The van der Waals surface area contributed by atoms with Crippen LogP contribution in [0.4, 0.5) is 5.69 Å². The lowest BCUT2D eigenvalue weighted by Gasteiger charge is -2.24. The standard InChI is InChI=1S/C25H21Cl2NO4S/c1-13-5-7-15(8-6-13)33-23-22(30)16(12-29)19(32-24(23)31)11-20-25(2,3)21-17(27)9-14(26)10-18(21)28(20)4/h5-12,30H,1-4H3/b20-11-. The number of fused-ring (bicyclic) bond motifs is 1. The van der Waals surface area contributed by atoms with Gasteiger partial charge in [-0.15, -0.1) is 0 Å². The highest BCUT2D eigenvalue weighted by Crippen LogP contribution is 2.51. The fourth-order valence-electron chi connectivity index (χ4n) is 4.09. The maximum absolute atomic E-state index is 12.8. The number of allylic oxidation sites excluding steroid dienone is 1. The van der Waals surface area contributed by atoms with Crippen LogP contribution in [0.2, 0.25) is 10.0 Å². The van der Waals surface area contributed by atoms with Crippen molar-refractivity contribution in [2.24, 2.45) is 0 Å². The Kier molecular flexibility index (Phi) is 6.12. The van der Waals surface area contributed by atoms with Gasteiger partial charge in [0.1, 0.15) is 16.2 Å². The monoisotopic (exact) mass is 501 g/mol. The van der Waals surface area contributed by atoms with Gasteiger partial charge in [-0.3, -0.25) is 4.79 Å². The minimum Gasteiger partial charge on any atom is -0.506 e. The van der Waals surface area contributed by atoms with Crippen LogP contribution in [0.3, 0.4) is 0 Å². The van der Waals surface area contributed by atoms with Crippen LogP contribution in [0.1, 0.15) is 41.1 Å². The van der Waals surface area contributed by atoms with E-state index in [1.165, 1.54) is 0 Å². The van der Waals surface area contributed by atoms with E-state index in [0.717, 1.165) is 39.2 Å². The fraction of sp³-hybridized carbons (Fsp3) is 0.200. The molecule has 0 amide bonds. The highest BCUT2D eigenvalue weighted by atomic mass is 35.5. The maximum atomic E-state index is 12.8. The highest BCUT2D eigenvalue weighted by Gasteiger charge is 2.41. The molecular weight excluding hydrogens is 481 g/mol. The number of aryl methyl sites for hydroxylation is 1. The van der Waals surface area contributed by atoms with E-state index >= 15 is 0 Å². The van der Waals surface area contributed by atoms with Crippen LogP contribution in [-0.2, 0) is 5.41 Å². The molecule has 3 aromatic rings. The van der Waals surface area contributed by atoms with Gasteiger partial charge in [0, 0.05) is 50.4 Å². The normalized spacial score (nSPS) is 15.7. The zero-order chi connectivity index (χ0) is 24.1. The molecule has 0 saturated carbocycles. The third-order valence-electron chi connectivity index (χ3n) is 5.77. The van der Waals surface area contributed by atoms with Gasteiger partial charge < -0.3 is 14.4 Å². The summed E-state index contributed by atoms with van der Waals surface area (Å²) < 4.78 is 5.53. The number of aldehydes is 1. The lowest BCUT2D eigenvalue weighted by molar-refractivity contribution is 0.111. The van der Waals surface area contributed by atoms with Crippen LogP contribution in [0.5, 0.6) is 5.75 Å². The van der Waals surface area contributed by atoms with Crippen molar-refractivity contribution in [1.82, 2.24) is 0 Å². The van der Waals surface area contributed by atoms with E-state index in [4.69, 9.17) is 27.6 Å². The predicted octanol–water partition coefficient (Wildman–Crippen LogP) is 6.69. The number of nitrogens with zero attached hydrogens (tertiary/aromatic N) is 1. The average molecular weight is 502 g/mol. The van der Waals surface area contributed by atoms with Crippen LogP contribution in [-0.4, -0.2) is 18.4 Å². The quantitative estimate of drug-likeness (QED) is 0.401. The number of hydrogen-bond acceptors (Lipinski definition) is 6. The molecule has 5 nitrogen and oxygen atoms in total. The number of anilines is 1. The molecule has 1 aliphatic rings. The number of hydrogen-bond donors (Lipinski definition) is 1. The van der Waals surface area contributed by atoms with E-state index in [9.17, 15) is 14.7 Å². The van der Waals surface area contributed by atoms with Crippen molar-refractivity contribution in [3.8, 4) is 5.75 Å². The first-order chi connectivity index (χ1) is 15.5. The first-order valence-electron chi connectivity index (χ1n) is 10.1. The molecule has 0 spiro atoms. The Balaban J connectivity index is 1.83. The maximum Gasteiger partial charge on any atom is 0.354 e.